The monoisotopic (exact) mass is 273 g/mol. The fraction of sp³-hybridized carbons (Fsp3) is 0.105. The number of nitrogens with zero attached hydrogens (tertiary/aromatic N) is 2. The number of aryl methyl sites for hydroxylation is 2. The maximum absolute atomic E-state index is 2.30. The highest BCUT2D eigenvalue weighted by atomic mass is 14.9. The first kappa shape index (κ1) is 12.2. The summed E-state index contributed by atoms with van der Waals surface area (Å²) in [6.45, 7) is 2.18. The van der Waals surface area contributed by atoms with E-state index >= 15 is 0 Å². The molecule has 4 rings (SSSR count). The molecule has 0 aliphatic rings. The summed E-state index contributed by atoms with van der Waals surface area (Å²) in [6, 6.07) is 19.3. The van der Waals surface area contributed by atoms with Crippen molar-refractivity contribution in [3.05, 3.63) is 72.6 Å². The zero-order chi connectivity index (χ0) is 14.4. The Kier molecular flexibility index (Phi) is 2.58. The average molecular weight is 273 g/mol. The third-order valence-electron chi connectivity index (χ3n) is 4.18. The Labute approximate surface area is 123 Å². The molecule has 4 aromatic rings. The summed E-state index contributed by atoms with van der Waals surface area (Å²) >= 11 is 0. The van der Waals surface area contributed by atoms with Crippen LogP contribution in [0, 0.1) is 6.92 Å². The molecule has 2 nitrogen and oxygen atoms in total. The molecule has 2 heteroatoms. The Morgan fingerprint density at radius 3 is 2.57 bits per heavy atom. The molecule has 0 bridgehead atoms. The number of hydrogen-bond acceptors (Lipinski definition) is 0. The van der Waals surface area contributed by atoms with Crippen molar-refractivity contribution in [3.63, 3.8) is 0 Å². The van der Waals surface area contributed by atoms with Gasteiger partial charge in [-0.15, -0.1) is 0 Å². The highest BCUT2D eigenvalue weighted by Crippen LogP contribution is 2.35. The first-order valence-electron chi connectivity index (χ1n) is 7.21. The van der Waals surface area contributed by atoms with Crippen LogP contribution >= 0.6 is 0 Å². The van der Waals surface area contributed by atoms with Gasteiger partial charge in [0.15, 0.2) is 6.20 Å². The van der Waals surface area contributed by atoms with Crippen molar-refractivity contribution in [2.75, 3.05) is 0 Å². The third-order valence-corrected chi connectivity index (χ3v) is 4.18. The normalized spacial score (nSPS) is 11.3. The molecule has 3 heterocycles. The van der Waals surface area contributed by atoms with Gasteiger partial charge in [0.25, 0.3) is 0 Å². The van der Waals surface area contributed by atoms with Crippen LogP contribution in [-0.4, -0.2) is 4.40 Å². The molecule has 0 aliphatic carbocycles. The minimum Gasteiger partial charge on any atom is -0.315 e. The standard InChI is InChI=1S/C19H17N2/c1-14-8-7-13-21-16-10-4-3-9-15(16)18(19(14)21)17-11-5-6-12-20(17)2/h3-13H,1-2H3/q+1. The Balaban J connectivity index is 2.28. The number of fused-ring (bicyclic) bond motifs is 3. The number of rotatable bonds is 1. The second-order valence-corrected chi connectivity index (χ2v) is 5.50. The van der Waals surface area contributed by atoms with Crippen molar-refractivity contribution in [2.45, 2.75) is 6.92 Å². The van der Waals surface area contributed by atoms with Gasteiger partial charge in [-0.1, -0.05) is 24.3 Å². The molecular weight excluding hydrogens is 256 g/mol. The van der Waals surface area contributed by atoms with Crippen LogP contribution in [0.1, 0.15) is 5.56 Å². The highest BCUT2D eigenvalue weighted by Gasteiger charge is 2.20. The van der Waals surface area contributed by atoms with Gasteiger partial charge in [-0.3, -0.25) is 0 Å². The molecule has 0 spiro atoms. The van der Waals surface area contributed by atoms with Gasteiger partial charge in [-0.05, 0) is 30.7 Å². The van der Waals surface area contributed by atoms with Gasteiger partial charge in [-0.2, -0.15) is 0 Å². The maximum atomic E-state index is 2.30. The number of hydrogen-bond donors (Lipinski definition) is 0. The van der Waals surface area contributed by atoms with E-state index in [-0.39, 0.29) is 0 Å². The van der Waals surface area contributed by atoms with Crippen LogP contribution < -0.4 is 4.57 Å². The van der Waals surface area contributed by atoms with E-state index in [0.717, 1.165) is 0 Å². The molecular formula is C19H17N2+. The minimum absolute atomic E-state index is 1.24. The molecule has 0 saturated heterocycles. The minimum atomic E-state index is 1.24. The third kappa shape index (κ3) is 1.69. The van der Waals surface area contributed by atoms with Crippen LogP contribution in [-0.2, 0) is 7.05 Å². The van der Waals surface area contributed by atoms with E-state index in [0.29, 0.717) is 0 Å². The van der Waals surface area contributed by atoms with Crippen molar-refractivity contribution in [1.82, 2.24) is 4.40 Å². The molecule has 0 radical (unpaired) electrons. The largest absolute Gasteiger partial charge is 0.315 e. The fourth-order valence-corrected chi connectivity index (χ4v) is 3.20. The van der Waals surface area contributed by atoms with Crippen molar-refractivity contribution in [3.8, 4) is 11.3 Å². The molecule has 0 fully saturated rings. The summed E-state index contributed by atoms with van der Waals surface area (Å²) in [5.41, 5.74) is 6.40. The van der Waals surface area contributed by atoms with Crippen molar-refractivity contribution in [2.24, 2.45) is 7.05 Å². The lowest BCUT2D eigenvalue weighted by molar-refractivity contribution is -0.660. The van der Waals surface area contributed by atoms with E-state index in [1.54, 1.807) is 0 Å². The molecule has 0 amide bonds. The number of benzene rings is 1. The first-order valence-corrected chi connectivity index (χ1v) is 7.21. The molecule has 21 heavy (non-hydrogen) atoms. The van der Waals surface area contributed by atoms with Crippen LogP contribution in [0.25, 0.3) is 27.7 Å². The average Bonchev–Trinajstić information content (AvgIpc) is 2.84. The maximum Gasteiger partial charge on any atom is 0.215 e. The summed E-state index contributed by atoms with van der Waals surface area (Å²) in [7, 11) is 2.10. The smallest absolute Gasteiger partial charge is 0.215 e. The van der Waals surface area contributed by atoms with E-state index in [1.807, 2.05) is 0 Å². The Bertz CT molecular complexity index is 964. The molecule has 102 valence electrons. The number of para-hydroxylation sites is 1. The zero-order valence-corrected chi connectivity index (χ0v) is 12.2. The van der Waals surface area contributed by atoms with Gasteiger partial charge in [0, 0.05) is 23.7 Å². The molecule has 1 aromatic carbocycles. The van der Waals surface area contributed by atoms with Crippen molar-refractivity contribution >= 4 is 16.4 Å². The van der Waals surface area contributed by atoms with Gasteiger partial charge in [0.05, 0.1) is 16.6 Å². The van der Waals surface area contributed by atoms with E-state index in [4.69, 9.17) is 0 Å². The summed E-state index contributed by atoms with van der Waals surface area (Å²) < 4.78 is 4.49. The molecule has 0 saturated carbocycles. The second-order valence-electron chi connectivity index (χ2n) is 5.50. The summed E-state index contributed by atoms with van der Waals surface area (Å²) in [4.78, 5) is 0. The van der Waals surface area contributed by atoms with E-state index in [9.17, 15) is 0 Å². The second kappa shape index (κ2) is 4.45. The molecule has 0 N–H and O–H groups in total. The quantitative estimate of drug-likeness (QED) is 0.465. The highest BCUT2D eigenvalue weighted by molar-refractivity contribution is 6.05. The van der Waals surface area contributed by atoms with Crippen LogP contribution in [0.3, 0.4) is 0 Å². The number of aromatic nitrogens is 2. The van der Waals surface area contributed by atoms with Crippen LogP contribution in [0.15, 0.2) is 67.0 Å². The Morgan fingerprint density at radius 1 is 0.905 bits per heavy atom. The van der Waals surface area contributed by atoms with Crippen LogP contribution in [0.2, 0.25) is 0 Å². The van der Waals surface area contributed by atoms with Gasteiger partial charge in [-0.25, -0.2) is 4.57 Å². The zero-order valence-electron chi connectivity index (χ0n) is 12.2. The molecule has 0 atom stereocenters. The molecule has 3 aromatic heterocycles. The van der Waals surface area contributed by atoms with Crippen LogP contribution in [0.5, 0.6) is 0 Å². The lowest BCUT2D eigenvalue weighted by atomic mass is 10.1. The first-order chi connectivity index (χ1) is 10.3. The predicted octanol–water partition coefficient (Wildman–Crippen LogP) is 3.89. The van der Waals surface area contributed by atoms with Gasteiger partial charge >= 0.3 is 0 Å². The van der Waals surface area contributed by atoms with E-state index in [2.05, 4.69) is 89.9 Å². The van der Waals surface area contributed by atoms with Crippen LogP contribution in [0.4, 0.5) is 0 Å². The van der Waals surface area contributed by atoms with Gasteiger partial charge in [0.1, 0.15) is 7.05 Å². The van der Waals surface area contributed by atoms with Gasteiger partial charge in [0.2, 0.25) is 5.69 Å². The topological polar surface area (TPSA) is 8.29 Å². The van der Waals surface area contributed by atoms with E-state index < -0.39 is 0 Å². The SMILES string of the molecule is Cc1cccn2c1c(-c1cccc[n+]1C)c1ccccc12. The fourth-order valence-electron chi connectivity index (χ4n) is 3.20. The summed E-state index contributed by atoms with van der Waals surface area (Å²) in [6.07, 6.45) is 4.25. The summed E-state index contributed by atoms with van der Waals surface area (Å²) in [5.74, 6) is 0. The lowest BCUT2D eigenvalue weighted by Gasteiger charge is -2.03. The number of pyridine rings is 2. The van der Waals surface area contributed by atoms with Crippen molar-refractivity contribution in [1.29, 1.82) is 0 Å². The molecule has 0 unspecified atom stereocenters. The van der Waals surface area contributed by atoms with Gasteiger partial charge < -0.3 is 4.40 Å². The molecule has 0 aliphatic heterocycles. The Morgan fingerprint density at radius 2 is 1.71 bits per heavy atom. The Hall–Kier alpha value is -2.61. The summed E-state index contributed by atoms with van der Waals surface area (Å²) in [5, 5.41) is 1.30. The predicted molar refractivity (Wildman–Crippen MR) is 86.3 cm³/mol. The lowest BCUT2D eigenvalue weighted by Crippen LogP contribution is -2.29. The van der Waals surface area contributed by atoms with Crippen molar-refractivity contribution < 1.29 is 4.57 Å². The van der Waals surface area contributed by atoms with E-state index in [1.165, 1.54) is 33.2 Å².